The van der Waals surface area contributed by atoms with Crippen LogP contribution in [0.1, 0.15) is 71.7 Å². The minimum Gasteiger partial charge on any atom is -0.352 e. The van der Waals surface area contributed by atoms with Crippen LogP contribution in [0.4, 0.5) is 0 Å². The molecule has 3 heteroatoms. The SMILES string of the molecule is CCC1(C(=O)c2ccc3c(c2)C(=O)NCCC3)CCCC1. The van der Waals surface area contributed by atoms with Crippen molar-refractivity contribution in [1.29, 1.82) is 0 Å². The van der Waals surface area contributed by atoms with E-state index >= 15 is 0 Å². The Hall–Kier alpha value is -1.64. The summed E-state index contributed by atoms with van der Waals surface area (Å²) in [5.74, 6) is 0.205. The number of aryl methyl sites for hydroxylation is 1. The third-order valence-corrected chi connectivity index (χ3v) is 5.24. The monoisotopic (exact) mass is 285 g/mol. The molecule has 1 heterocycles. The molecule has 0 bridgehead atoms. The molecule has 0 aromatic heterocycles. The average Bonchev–Trinajstić information content (AvgIpc) is 2.93. The summed E-state index contributed by atoms with van der Waals surface area (Å²) in [5, 5.41) is 2.91. The van der Waals surface area contributed by atoms with Gasteiger partial charge in [-0.1, -0.05) is 31.9 Å². The molecule has 1 saturated carbocycles. The second kappa shape index (κ2) is 5.63. The van der Waals surface area contributed by atoms with E-state index in [1.807, 2.05) is 18.2 Å². The summed E-state index contributed by atoms with van der Waals surface area (Å²) in [4.78, 5) is 25.1. The molecule has 0 atom stereocenters. The normalized spacial score (nSPS) is 20.5. The molecule has 0 unspecified atom stereocenters. The topological polar surface area (TPSA) is 46.2 Å². The van der Waals surface area contributed by atoms with Crippen LogP contribution in [0.5, 0.6) is 0 Å². The number of hydrogen-bond acceptors (Lipinski definition) is 2. The first-order valence-electron chi connectivity index (χ1n) is 8.12. The zero-order valence-corrected chi connectivity index (χ0v) is 12.7. The van der Waals surface area contributed by atoms with Gasteiger partial charge in [0.1, 0.15) is 0 Å². The van der Waals surface area contributed by atoms with E-state index in [-0.39, 0.29) is 17.1 Å². The summed E-state index contributed by atoms with van der Waals surface area (Å²) in [5.41, 5.74) is 2.30. The Balaban J connectivity index is 1.96. The molecule has 112 valence electrons. The molecule has 1 aromatic rings. The standard InChI is InChI=1S/C18H23NO2/c1-2-18(9-3-4-10-18)16(20)14-8-7-13-6-5-11-19-17(21)15(13)12-14/h7-8,12H,2-6,9-11H2,1H3,(H,19,21). The first-order chi connectivity index (χ1) is 10.2. The van der Waals surface area contributed by atoms with E-state index in [9.17, 15) is 9.59 Å². The van der Waals surface area contributed by atoms with Gasteiger partial charge in [-0.25, -0.2) is 0 Å². The summed E-state index contributed by atoms with van der Waals surface area (Å²) >= 11 is 0. The average molecular weight is 285 g/mol. The van der Waals surface area contributed by atoms with Crippen molar-refractivity contribution in [3.05, 3.63) is 34.9 Å². The molecule has 3 rings (SSSR count). The maximum Gasteiger partial charge on any atom is 0.251 e. The second-order valence-electron chi connectivity index (χ2n) is 6.40. The van der Waals surface area contributed by atoms with E-state index < -0.39 is 0 Å². The van der Waals surface area contributed by atoms with Gasteiger partial charge >= 0.3 is 0 Å². The van der Waals surface area contributed by atoms with Crippen molar-refractivity contribution in [3.63, 3.8) is 0 Å². The predicted molar refractivity (Wildman–Crippen MR) is 82.6 cm³/mol. The first-order valence-corrected chi connectivity index (χ1v) is 8.12. The highest BCUT2D eigenvalue weighted by molar-refractivity contribution is 6.04. The third-order valence-electron chi connectivity index (χ3n) is 5.24. The molecule has 0 radical (unpaired) electrons. The van der Waals surface area contributed by atoms with E-state index in [1.165, 1.54) is 0 Å². The molecule has 1 aliphatic heterocycles. The minimum absolute atomic E-state index is 0.0332. The number of benzene rings is 1. The van der Waals surface area contributed by atoms with Crippen LogP contribution in [0.3, 0.4) is 0 Å². The molecule has 1 amide bonds. The van der Waals surface area contributed by atoms with Crippen molar-refractivity contribution < 1.29 is 9.59 Å². The molecule has 0 spiro atoms. The predicted octanol–water partition coefficient (Wildman–Crippen LogP) is 3.52. The van der Waals surface area contributed by atoms with Crippen LogP contribution in [-0.2, 0) is 6.42 Å². The smallest absolute Gasteiger partial charge is 0.251 e. The van der Waals surface area contributed by atoms with Gasteiger partial charge in [0.15, 0.2) is 5.78 Å². The van der Waals surface area contributed by atoms with Crippen LogP contribution in [-0.4, -0.2) is 18.2 Å². The Morgan fingerprint density at radius 3 is 2.71 bits per heavy atom. The van der Waals surface area contributed by atoms with Gasteiger partial charge in [0.05, 0.1) is 0 Å². The number of Topliss-reactive ketones (excluding diaryl/α,β-unsaturated/α-hetero) is 1. The summed E-state index contributed by atoms with van der Waals surface area (Å²) in [6.07, 6.45) is 7.04. The highest BCUT2D eigenvalue weighted by atomic mass is 16.1. The van der Waals surface area contributed by atoms with Crippen molar-refractivity contribution in [3.8, 4) is 0 Å². The number of ketones is 1. The van der Waals surface area contributed by atoms with E-state index in [2.05, 4.69) is 12.2 Å². The molecule has 1 fully saturated rings. The number of amides is 1. The molecular weight excluding hydrogens is 262 g/mol. The Bertz CT molecular complexity index is 571. The molecule has 1 aliphatic carbocycles. The highest BCUT2D eigenvalue weighted by Gasteiger charge is 2.39. The zero-order chi connectivity index (χ0) is 14.9. The first kappa shape index (κ1) is 14.3. The summed E-state index contributed by atoms with van der Waals surface area (Å²) in [7, 11) is 0. The molecule has 0 saturated heterocycles. The van der Waals surface area contributed by atoms with E-state index in [4.69, 9.17) is 0 Å². The zero-order valence-electron chi connectivity index (χ0n) is 12.7. The largest absolute Gasteiger partial charge is 0.352 e. The van der Waals surface area contributed by atoms with Gasteiger partial charge in [-0.05, 0) is 43.7 Å². The van der Waals surface area contributed by atoms with E-state index in [1.54, 1.807) is 0 Å². The van der Waals surface area contributed by atoms with Gasteiger partial charge in [0.25, 0.3) is 5.91 Å². The van der Waals surface area contributed by atoms with Crippen molar-refractivity contribution in [2.75, 3.05) is 6.54 Å². The minimum atomic E-state index is -0.185. The van der Waals surface area contributed by atoms with Crippen molar-refractivity contribution in [1.82, 2.24) is 5.32 Å². The molecule has 3 nitrogen and oxygen atoms in total. The van der Waals surface area contributed by atoms with Crippen LogP contribution in [0.15, 0.2) is 18.2 Å². The fourth-order valence-corrected chi connectivity index (χ4v) is 3.82. The maximum atomic E-state index is 12.9. The highest BCUT2D eigenvalue weighted by Crippen LogP contribution is 2.43. The van der Waals surface area contributed by atoms with Crippen LogP contribution < -0.4 is 5.32 Å². The summed E-state index contributed by atoms with van der Waals surface area (Å²) in [6.45, 7) is 2.83. The Morgan fingerprint density at radius 1 is 1.24 bits per heavy atom. The number of hydrogen-bond donors (Lipinski definition) is 1. The lowest BCUT2D eigenvalue weighted by atomic mass is 9.76. The Morgan fingerprint density at radius 2 is 2.00 bits per heavy atom. The van der Waals surface area contributed by atoms with E-state index in [0.29, 0.717) is 5.56 Å². The second-order valence-corrected chi connectivity index (χ2v) is 6.40. The fraction of sp³-hybridized carbons (Fsp3) is 0.556. The van der Waals surface area contributed by atoms with Gasteiger partial charge < -0.3 is 5.32 Å². The molecule has 21 heavy (non-hydrogen) atoms. The number of rotatable bonds is 3. The Kier molecular flexibility index (Phi) is 3.83. The third kappa shape index (κ3) is 2.50. The Labute approximate surface area is 126 Å². The lowest BCUT2D eigenvalue weighted by Crippen LogP contribution is -2.28. The fourth-order valence-electron chi connectivity index (χ4n) is 3.82. The van der Waals surface area contributed by atoms with Crippen molar-refractivity contribution in [2.24, 2.45) is 5.41 Å². The number of fused-ring (bicyclic) bond motifs is 1. The van der Waals surface area contributed by atoms with Crippen molar-refractivity contribution >= 4 is 11.7 Å². The van der Waals surface area contributed by atoms with Gasteiger partial charge in [0.2, 0.25) is 0 Å². The van der Waals surface area contributed by atoms with E-state index in [0.717, 1.165) is 62.6 Å². The van der Waals surface area contributed by atoms with Crippen LogP contribution in [0.2, 0.25) is 0 Å². The quantitative estimate of drug-likeness (QED) is 0.864. The maximum absolute atomic E-state index is 12.9. The molecule has 1 N–H and O–H groups in total. The van der Waals surface area contributed by atoms with Gasteiger partial charge in [0, 0.05) is 23.1 Å². The molecular formula is C18H23NO2. The number of nitrogens with one attached hydrogen (secondary N) is 1. The summed E-state index contributed by atoms with van der Waals surface area (Å²) in [6, 6.07) is 5.73. The number of carbonyl (C=O) groups excluding carboxylic acids is 2. The van der Waals surface area contributed by atoms with Gasteiger partial charge in [-0.3, -0.25) is 9.59 Å². The lowest BCUT2D eigenvalue weighted by Gasteiger charge is -2.26. The van der Waals surface area contributed by atoms with Crippen molar-refractivity contribution in [2.45, 2.75) is 51.9 Å². The lowest BCUT2D eigenvalue weighted by molar-refractivity contribution is 0.0791. The van der Waals surface area contributed by atoms with Crippen LogP contribution >= 0.6 is 0 Å². The number of carbonyl (C=O) groups is 2. The van der Waals surface area contributed by atoms with Crippen LogP contribution in [0, 0.1) is 5.41 Å². The van der Waals surface area contributed by atoms with Crippen LogP contribution in [0.25, 0.3) is 0 Å². The van der Waals surface area contributed by atoms with Gasteiger partial charge in [-0.2, -0.15) is 0 Å². The van der Waals surface area contributed by atoms with Gasteiger partial charge in [-0.15, -0.1) is 0 Å². The summed E-state index contributed by atoms with van der Waals surface area (Å²) < 4.78 is 0. The molecule has 2 aliphatic rings. The molecule has 1 aromatic carbocycles.